The van der Waals surface area contributed by atoms with Gasteiger partial charge in [0.25, 0.3) is 0 Å². The zero-order chi connectivity index (χ0) is 11.3. The first-order chi connectivity index (χ1) is 7.42. The lowest BCUT2D eigenvalue weighted by atomic mass is 9.59. The molecule has 1 heteroatoms. The molecule has 1 saturated heterocycles. The van der Waals surface area contributed by atoms with E-state index in [9.17, 15) is 0 Å². The SMILES string of the molecule is C[C@@H]1CC[C@@H]2[C@H]3CC4O[C@]4(C)[C@]13CC2(C)C. The van der Waals surface area contributed by atoms with Gasteiger partial charge < -0.3 is 4.74 Å². The van der Waals surface area contributed by atoms with Gasteiger partial charge in [0, 0.05) is 5.41 Å². The number of rotatable bonds is 0. The first kappa shape index (κ1) is 9.94. The Bertz CT molecular complexity index is 360. The highest BCUT2D eigenvalue weighted by molar-refractivity contribution is 5.28. The van der Waals surface area contributed by atoms with Gasteiger partial charge in [-0.05, 0) is 55.8 Å². The molecule has 90 valence electrons. The molecule has 0 N–H and O–H groups in total. The average molecular weight is 220 g/mol. The summed E-state index contributed by atoms with van der Waals surface area (Å²) in [6, 6.07) is 0. The van der Waals surface area contributed by atoms with Gasteiger partial charge in [-0.2, -0.15) is 0 Å². The molecule has 16 heavy (non-hydrogen) atoms. The van der Waals surface area contributed by atoms with E-state index >= 15 is 0 Å². The van der Waals surface area contributed by atoms with Gasteiger partial charge in [-0.25, -0.2) is 0 Å². The van der Waals surface area contributed by atoms with Crippen molar-refractivity contribution in [3.63, 3.8) is 0 Å². The van der Waals surface area contributed by atoms with Gasteiger partial charge in [0.1, 0.15) is 0 Å². The van der Waals surface area contributed by atoms with Crippen LogP contribution < -0.4 is 0 Å². The van der Waals surface area contributed by atoms with E-state index in [2.05, 4.69) is 27.7 Å². The monoisotopic (exact) mass is 220 g/mol. The van der Waals surface area contributed by atoms with E-state index in [1.165, 1.54) is 25.7 Å². The van der Waals surface area contributed by atoms with Gasteiger partial charge >= 0.3 is 0 Å². The molecule has 3 aliphatic carbocycles. The van der Waals surface area contributed by atoms with Crippen LogP contribution in [0.1, 0.15) is 53.4 Å². The highest BCUT2D eigenvalue weighted by Crippen LogP contribution is 2.79. The second kappa shape index (κ2) is 2.39. The molecule has 6 atom stereocenters. The van der Waals surface area contributed by atoms with Crippen LogP contribution >= 0.6 is 0 Å². The molecule has 4 rings (SSSR count). The van der Waals surface area contributed by atoms with E-state index in [-0.39, 0.29) is 5.60 Å². The van der Waals surface area contributed by atoms with E-state index in [1.54, 1.807) is 0 Å². The molecule has 0 amide bonds. The van der Waals surface area contributed by atoms with E-state index in [0.717, 1.165) is 17.8 Å². The first-order valence-electron chi connectivity index (χ1n) is 7.10. The summed E-state index contributed by atoms with van der Waals surface area (Å²) in [7, 11) is 0. The Labute approximate surface area is 98.9 Å². The van der Waals surface area contributed by atoms with Crippen molar-refractivity contribution in [2.45, 2.75) is 65.1 Å². The maximum Gasteiger partial charge on any atom is 0.0981 e. The van der Waals surface area contributed by atoms with Crippen molar-refractivity contribution in [2.24, 2.45) is 28.6 Å². The topological polar surface area (TPSA) is 12.5 Å². The lowest BCUT2D eigenvalue weighted by molar-refractivity contribution is -0.0263. The fourth-order valence-electron chi connectivity index (χ4n) is 6.32. The maximum absolute atomic E-state index is 6.09. The molecule has 2 bridgehead atoms. The lowest BCUT2D eigenvalue weighted by Crippen LogP contribution is -2.44. The van der Waals surface area contributed by atoms with Gasteiger partial charge in [-0.15, -0.1) is 0 Å². The van der Waals surface area contributed by atoms with Crippen molar-refractivity contribution >= 4 is 0 Å². The second-order valence-electron chi connectivity index (χ2n) is 7.85. The first-order valence-corrected chi connectivity index (χ1v) is 7.10. The smallest absolute Gasteiger partial charge is 0.0981 e. The largest absolute Gasteiger partial charge is 0.366 e. The molecule has 1 aliphatic heterocycles. The van der Waals surface area contributed by atoms with E-state index in [0.29, 0.717) is 16.9 Å². The summed E-state index contributed by atoms with van der Waals surface area (Å²) in [6.45, 7) is 9.94. The van der Waals surface area contributed by atoms with Crippen LogP contribution in [-0.4, -0.2) is 11.7 Å². The molecule has 0 spiro atoms. The molecule has 0 radical (unpaired) electrons. The summed E-state index contributed by atoms with van der Waals surface area (Å²) < 4.78 is 6.09. The molecular formula is C15H24O. The van der Waals surface area contributed by atoms with Crippen LogP contribution in [0.25, 0.3) is 0 Å². The number of hydrogen-bond donors (Lipinski definition) is 0. The molecule has 0 aromatic rings. The minimum atomic E-state index is 0.267. The summed E-state index contributed by atoms with van der Waals surface area (Å²) in [4.78, 5) is 0. The van der Waals surface area contributed by atoms with Crippen LogP contribution in [0.15, 0.2) is 0 Å². The second-order valence-corrected chi connectivity index (χ2v) is 7.85. The highest BCUT2D eigenvalue weighted by Gasteiger charge is 2.80. The summed E-state index contributed by atoms with van der Waals surface area (Å²) in [5.41, 5.74) is 1.38. The third kappa shape index (κ3) is 0.776. The van der Waals surface area contributed by atoms with Crippen LogP contribution in [0, 0.1) is 28.6 Å². The minimum absolute atomic E-state index is 0.267. The average Bonchev–Trinajstić information content (AvgIpc) is 2.71. The van der Waals surface area contributed by atoms with Gasteiger partial charge in [0.05, 0.1) is 11.7 Å². The number of epoxide rings is 1. The van der Waals surface area contributed by atoms with Crippen molar-refractivity contribution in [3.05, 3.63) is 0 Å². The summed E-state index contributed by atoms with van der Waals surface area (Å²) in [5, 5.41) is 0. The predicted octanol–water partition coefficient (Wildman–Crippen LogP) is 3.63. The number of fused-ring (bicyclic) bond motifs is 1. The van der Waals surface area contributed by atoms with Crippen molar-refractivity contribution in [1.82, 2.24) is 0 Å². The molecule has 4 aliphatic rings. The molecular weight excluding hydrogens is 196 g/mol. The summed E-state index contributed by atoms with van der Waals surface area (Å²) in [6.07, 6.45) is 6.33. The molecule has 1 heterocycles. The Morgan fingerprint density at radius 3 is 2.50 bits per heavy atom. The number of hydrogen-bond acceptors (Lipinski definition) is 1. The van der Waals surface area contributed by atoms with E-state index in [1.807, 2.05) is 0 Å². The summed E-state index contributed by atoms with van der Waals surface area (Å²) >= 11 is 0. The molecule has 0 aromatic carbocycles. The van der Waals surface area contributed by atoms with E-state index < -0.39 is 0 Å². The van der Waals surface area contributed by atoms with Crippen molar-refractivity contribution in [3.8, 4) is 0 Å². The normalized spacial score (nSPS) is 65.2. The Morgan fingerprint density at radius 2 is 1.81 bits per heavy atom. The molecule has 1 nitrogen and oxygen atoms in total. The predicted molar refractivity (Wildman–Crippen MR) is 64.1 cm³/mol. The Balaban J connectivity index is 1.88. The van der Waals surface area contributed by atoms with Crippen LogP contribution in [0.3, 0.4) is 0 Å². The Hall–Kier alpha value is -0.0400. The van der Waals surface area contributed by atoms with Crippen LogP contribution in [0.2, 0.25) is 0 Å². The Kier molecular flexibility index (Phi) is 1.48. The number of ether oxygens (including phenoxy) is 1. The van der Waals surface area contributed by atoms with Gasteiger partial charge in [-0.1, -0.05) is 20.8 Å². The van der Waals surface area contributed by atoms with E-state index in [4.69, 9.17) is 4.74 Å². The van der Waals surface area contributed by atoms with Gasteiger partial charge in [0.2, 0.25) is 0 Å². The highest BCUT2D eigenvalue weighted by atomic mass is 16.6. The molecule has 4 fully saturated rings. The Morgan fingerprint density at radius 1 is 1.06 bits per heavy atom. The van der Waals surface area contributed by atoms with Crippen molar-refractivity contribution < 1.29 is 4.74 Å². The molecule has 0 aromatic heterocycles. The fourth-order valence-corrected chi connectivity index (χ4v) is 6.32. The minimum Gasteiger partial charge on any atom is -0.366 e. The van der Waals surface area contributed by atoms with Crippen molar-refractivity contribution in [2.75, 3.05) is 0 Å². The zero-order valence-electron chi connectivity index (χ0n) is 11.0. The zero-order valence-corrected chi connectivity index (χ0v) is 11.0. The van der Waals surface area contributed by atoms with Crippen LogP contribution in [0.5, 0.6) is 0 Å². The fraction of sp³-hybridized carbons (Fsp3) is 1.00. The molecule has 1 unspecified atom stereocenters. The summed E-state index contributed by atoms with van der Waals surface area (Å²) in [5.74, 6) is 2.85. The third-order valence-electron chi connectivity index (χ3n) is 7.03. The third-order valence-corrected chi connectivity index (χ3v) is 7.03. The standard InChI is InChI=1S/C15H24O/c1-9-5-6-10-11-7-12-14(4,16-12)15(9,11)8-13(10,2)3/h9-12H,5-8H2,1-4H3/t9-,10-,11-,12?,14+,15-/m1/s1. The molecule has 3 saturated carbocycles. The van der Waals surface area contributed by atoms with Gasteiger partial charge in [0.15, 0.2) is 0 Å². The van der Waals surface area contributed by atoms with Gasteiger partial charge in [-0.3, -0.25) is 0 Å². The quantitative estimate of drug-likeness (QED) is 0.568. The lowest BCUT2D eigenvalue weighted by Gasteiger charge is -2.46. The maximum atomic E-state index is 6.09. The van der Waals surface area contributed by atoms with Crippen LogP contribution in [-0.2, 0) is 4.74 Å². The van der Waals surface area contributed by atoms with Crippen LogP contribution in [0.4, 0.5) is 0 Å². The van der Waals surface area contributed by atoms with Crippen molar-refractivity contribution in [1.29, 1.82) is 0 Å².